The molecule has 0 saturated heterocycles. The molecule has 0 amide bonds. The summed E-state index contributed by atoms with van der Waals surface area (Å²) in [6.07, 6.45) is 8.20. The van der Waals surface area contributed by atoms with Crippen molar-refractivity contribution in [1.82, 2.24) is 0 Å². The number of hydrogen-bond donors (Lipinski definition) is 1. The van der Waals surface area contributed by atoms with Crippen LogP contribution in [-0.4, -0.2) is 10.7 Å². The van der Waals surface area contributed by atoms with Gasteiger partial charge in [-0.15, -0.1) is 0 Å². The molecule has 0 radical (unpaired) electrons. The van der Waals surface area contributed by atoms with Crippen LogP contribution in [0.5, 0.6) is 0 Å². The Balaban J connectivity index is 2.31. The molecular formula is C17H29NO. The van der Waals surface area contributed by atoms with Crippen LogP contribution in [0.4, 0.5) is 0 Å². The van der Waals surface area contributed by atoms with Crippen LogP contribution in [0, 0.1) is 34.5 Å². The summed E-state index contributed by atoms with van der Waals surface area (Å²) in [6.45, 7) is 6.68. The third-order valence-corrected chi connectivity index (χ3v) is 5.91. The Morgan fingerprint density at radius 3 is 2.26 bits per heavy atom. The average Bonchev–Trinajstić information content (AvgIpc) is 2.40. The van der Waals surface area contributed by atoms with E-state index in [-0.39, 0.29) is 0 Å². The first-order chi connectivity index (χ1) is 8.95. The SMILES string of the molecule is CC1CCC(C#N)(C2(O)CCCCC2C(C)C)CC1. The molecule has 0 aliphatic heterocycles. The van der Waals surface area contributed by atoms with E-state index in [4.69, 9.17) is 0 Å². The van der Waals surface area contributed by atoms with Crippen LogP contribution in [-0.2, 0) is 0 Å². The molecule has 1 N–H and O–H groups in total. The monoisotopic (exact) mass is 263 g/mol. The van der Waals surface area contributed by atoms with Crippen LogP contribution in [0.15, 0.2) is 0 Å². The molecule has 2 aliphatic rings. The molecule has 2 atom stereocenters. The number of aliphatic hydroxyl groups is 1. The van der Waals surface area contributed by atoms with Gasteiger partial charge in [0.2, 0.25) is 0 Å². The van der Waals surface area contributed by atoms with Crippen molar-refractivity contribution < 1.29 is 5.11 Å². The van der Waals surface area contributed by atoms with Crippen LogP contribution >= 0.6 is 0 Å². The Kier molecular flexibility index (Phi) is 4.26. The minimum atomic E-state index is -0.742. The van der Waals surface area contributed by atoms with Crippen LogP contribution in [0.1, 0.15) is 72.1 Å². The van der Waals surface area contributed by atoms with E-state index in [1.807, 2.05) is 0 Å². The average molecular weight is 263 g/mol. The molecule has 2 unspecified atom stereocenters. The molecule has 0 heterocycles. The summed E-state index contributed by atoms with van der Waals surface area (Å²) in [4.78, 5) is 0. The second-order valence-electron chi connectivity index (χ2n) is 7.40. The lowest BCUT2D eigenvalue weighted by atomic mass is 9.53. The lowest BCUT2D eigenvalue weighted by Crippen LogP contribution is -2.57. The standard InChI is InChI=1S/C17H29NO/c1-13(2)15-6-4-5-9-17(15,19)16(12-18)10-7-14(3)8-11-16/h13-15,19H,4-11H2,1-3H3. The fourth-order valence-electron chi connectivity index (χ4n) is 4.56. The summed E-state index contributed by atoms with van der Waals surface area (Å²) in [5, 5.41) is 21.3. The van der Waals surface area contributed by atoms with E-state index in [1.54, 1.807) is 0 Å². The zero-order valence-corrected chi connectivity index (χ0v) is 12.8. The van der Waals surface area contributed by atoms with E-state index in [9.17, 15) is 10.4 Å². The van der Waals surface area contributed by atoms with E-state index < -0.39 is 11.0 Å². The van der Waals surface area contributed by atoms with Gasteiger partial charge in [-0.05, 0) is 56.3 Å². The third kappa shape index (κ3) is 2.42. The van der Waals surface area contributed by atoms with Crippen LogP contribution in [0.2, 0.25) is 0 Å². The number of nitriles is 1. The molecule has 0 bridgehead atoms. The van der Waals surface area contributed by atoms with Crippen molar-refractivity contribution >= 4 is 0 Å². The van der Waals surface area contributed by atoms with Gasteiger partial charge in [-0.1, -0.05) is 33.6 Å². The Labute approximate surface area is 118 Å². The van der Waals surface area contributed by atoms with Gasteiger partial charge in [0.25, 0.3) is 0 Å². The zero-order chi connectivity index (χ0) is 14.1. The Morgan fingerprint density at radius 2 is 1.74 bits per heavy atom. The minimum Gasteiger partial charge on any atom is -0.388 e. The second kappa shape index (κ2) is 5.44. The molecular weight excluding hydrogens is 234 g/mol. The Morgan fingerprint density at radius 1 is 1.11 bits per heavy atom. The van der Waals surface area contributed by atoms with Gasteiger partial charge in [0, 0.05) is 0 Å². The first-order valence-corrected chi connectivity index (χ1v) is 8.09. The van der Waals surface area contributed by atoms with Gasteiger partial charge in [-0.25, -0.2) is 0 Å². The Hall–Kier alpha value is -0.550. The maximum Gasteiger partial charge on any atom is 0.0863 e. The molecule has 2 rings (SSSR count). The van der Waals surface area contributed by atoms with Crippen molar-refractivity contribution in [3.05, 3.63) is 0 Å². The molecule has 2 fully saturated rings. The van der Waals surface area contributed by atoms with E-state index in [0.29, 0.717) is 17.8 Å². The van der Waals surface area contributed by atoms with Gasteiger partial charge >= 0.3 is 0 Å². The third-order valence-electron chi connectivity index (χ3n) is 5.91. The van der Waals surface area contributed by atoms with Crippen molar-refractivity contribution in [1.29, 1.82) is 5.26 Å². The quantitative estimate of drug-likeness (QED) is 0.808. The molecule has 108 valence electrons. The van der Waals surface area contributed by atoms with E-state index in [0.717, 1.165) is 44.9 Å². The molecule has 0 aromatic rings. The van der Waals surface area contributed by atoms with Gasteiger partial charge < -0.3 is 5.11 Å². The summed E-state index contributed by atoms with van der Waals surface area (Å²) < 4.78 is 0. The van der Waals surface area contributed by atoms with Crippen molar-refractivity contribution in [2.75, 3.05) is 0 Å². The Bertz CT molecular complexity index is 349. The van der Waals surface area contributed by atoms with E-state index >= 15 is 0 Å². The maximum atomic E-state index is 11.4. The summed E-state index contributed by atoms with van der Waals surface area (Å²) in [6, 6.07) is 2.58. The number of hydrogen-bond acceptors (Lipinski definition) is 2. The van der Waals surface area contributed by atoms with Crippen LogP contribution in [0.3, 0.4) is 0 Å². The largest absolute Gasteiger partial charge is 0.388 e. The molecule has 2 nitrogen and oxygen atoms in total. The topological polar surface area (TPSA) is 44.0 Å². The second-order valence-corrected chi connectivity index (χ2v) is 7.40. The highest BCUT2D eigenvalue weighted by Gasteiger charge is 2.56. The lowest BCUT2D eigenvalue weighted by Gasteiger charge is -2.53. The fraction of sp³-hybridized carbons (Fsp3) is 0.941. The summed E-state index contributed by atoms with van der Waals surface area (Å²) in [7, 11) is 0. The van der Waals surface area contributed by atoms with Crippen LogP contribution < -0.4 is 0 Å². The molecule has 2 saturated carbocycles. The van der Waals surface area contributed by atoms with Gasteiger partial charge in [0.05, 0.1) is 17.1 Å². The molecule has 2 aliphatic carbocycles. The summed E-state index contributed by atoms with van der Waals surface area (Å²) in [5.74, 6) is 1.48. The highest BCUT2D eigenvalue weighted by molar-refractivity contribution is 5.16. The fourth-order valence-corrected chi connectivity index (χ4v) is 4.56. The summed E-state index contributed by atoms with van der Waals surface area (Å²) >= 11 is 0. The zero-order valence-electron chi connectivity index (χ0n) is 12.8. The lowest BCUT2D eigenvalue weighted by molar-refractivity contribution is -0.151. The number of rotatable bonds is 2. The van der Waals surface area contributed by atoms with Gasteiger partial charge in [0.1, 0.15) is 0 Å². The van der Waals surface area contributed by atoms with Crippen LogP contribution in [0.25, 0.3) is 0 Å². The first-order valence-electron chi connectivity index (χ1n) is 8.09. The normalized spacial score (nSPS) is 44.0. The molecule has 2 heteroatoms. The molecule has 0 aromatic carbocycles. The summed E-state index contributed by atoms with van der Waals surface area (Å²) in [5.41, 5.74) is -1.22. The maximum absolute atomic E-state index is 11.4. The highest BCUT2D eigenvalue weighted by Crippen LogP contribution is 2.55. The van der Waals surface area contributed by atoms with Crippen molar-refractivity contribution in [3.8, 4) is 6.07 Å². The van der Waals surface area contributed by atoms with Crippen molar-refractivity contribution in [3.63, 3.8) is 0 Å². The van der Waals surface area contributed by atoms with E-state index in [1.165, 1.54) is 6.42 Å². The first kappa shape index (κ1) is 14.9. The predicted octanol–water partition coefficient (Wildman–Crippen LogP) is 4.28. The number of nitrogens with zero attached hydrogens (tertiary/aromatic N) is 1. The van der Waals surface area contributed by atoms with Gasteiger partial charge in [-0.2, -0.15) is 5.26 Å². The van der Waals surface area contributed by atoms with E-state index in [2.05, 4.69) is 26.8 Å². The van der Waals surface area contributed by atoms with Gasteiger partial charge in [-0.3, -0.25) is 0 Å². The van der Waals surface area contributed by atoms with Gasteiger partial charge in [0.15, 0.2) is 0 Å². The predicted molar refractivity (Wildman–Crippen MR) is 77.4 cm³/mol. The van der Waals surface area contributed by atoms with Crippen molar-refractivity contribution in [2.45, 2.75) is 77.7 Å². The molecule has 0 spiro atoms. The minimum absolute atomic E-state index is 0.300. The smallest absolute Gasteiger partial charge is 0.0863 e. The molecule has 19 heavy (non-hydrogen) atoms. The van der Waals surface area contributed by atoms with Crippen molar-refractivity contribution in [2.24, 2.45) is 23.2 Å². The molecule has 0 aromatic heterocycles. The highest BCUT2D eigenvalue weighted by atomic mass is 16.3.